The van der Waals surface area contributed by atoms with E-state index in [0.717, 1.165) is 23.9 Å². The number of nitrogens with zero attached hydrogens (tertiary/aromatic N) is 3. The first-order valence-corrected chi connectivity index (χ1v) is 8.04. The molecule has 120 valence electrons. The third-order valence-electron chi connectivity index (χ3n) is 3.38. The Morgan fingerprint density at radius 3 is 2.74 bits per heavy atom. The molecule has 7 heteroatoms. The molecule has 23 heavy (non-hydrogen) atoms. The van der Waals surface area contributed by atoms with E-state index in [0.29, 0.717) is 11.7 Å². The monoisotopic (exact) mass is 337 g/mol. The maximum absolute atomic E-state index is 13.1. The summed E-state index contributed by atoms with van der Waals surface area (Å²) in [6.45, 7) is 1.35. The van der Waals surface area contributed by atoms with Crippen LogP contribution in [0.5, 0.6) is 0 Å². The van der Waals surface area contributed by atoms with Gasteiger partial charge in [0.15, 0.2) is 5.17 Å². The first-order valence-electron chi connectivity index (χ1n) is 7.05. The van der Waals surface area contributed by atoms with Crippen LogP contribution in [0.15, 0.2) is 53.8 Å². The van der Waals surface area contributed by atoms with Crippen LogP contribution in [0.2, 0.25) is 0 Å². The molecule has 1 fully saturated rings. The van der Waals surface area contributed by atoms with Gasteiger partial charge in [-0.2, -0.15) is 13.2 Å². The van der Waals surface area contributed by atoms with Gasteiger partial charge in [0, 0.05) is 31.2 Å². The van der Waals surface area contributed by atoms with Crippen molar-refractivity contribution >= 4 is 22.6 Å². The molecule has 0 bridgehead atoms. The highest BCUT2D eigenvalue weighted by Gasteiger charge is 2.33. The Bertz CT molecular complexity index is 701. The van der Waals surface area contributed by atoms with Crippen molar-refractivity contribution in [2.75, 3.05) is 12.3 Å². The first kappa shape index (κ1) is 15.9. The van der Waals surface area contributed by atoms with Crippen LogP contribution in [0.3, 0.4) is 0 Å². The molecule has 0 radical (unpaired) electrons. The Morgan fingerprint density at radius 2 is 2.00 bits per heavy atom. The molecule has 1 aromatic carbocycles. The van der Waals surface area contributed by atoms with Gasteiger partial charge in [0.25, 0.3) is 0 Å². The average Bonchev–Trinajstić information content (AvgIpc) is 2.95. The van der Waals surface area contributed by atoms with Gasteiger partial charge in [0.05, 0.1) is 11.3 Å². The van der Waals surface area contributed by atoms with Crippen LogP contribution in [-0.2, 0) is 12.7 Å². The van der Waals surface area contributed by atoms with E-state index in [4.69, 9.17) is 0 Å². The van der Waals surface area contributed by atoms with Gasteiger partial charge >= 0.3 is 6.18 Å². The Morgan fingerprint density at radius 1 is 1.17 bits per heavy atom. The third-order valence-corrected chi connectivity index (χ3v) is 4.38. The molecule has 2 aromatic rings. The van der Waals surface area contributed by atoms with Crippen molar-refractivity contribution in [1.82, 2.24) is 9.88 Å². The van der Waals surface area contributed by atoms with Crippen molar-refractivity contribution in [3.05, 3.63) is 59.9 Å². The zero-order chi connectivity index (χ0) is 16.3. The van der Waals surface area contributed by atoms with Gasteiger partial charge in [0.2, 0.25) is 0 Å². The predicted molar refractivity (Wildman–Crippen MR) is 85.6 cm³/mol. The molecule has 1 aliphatic rings. The molecule has 0 amide bonds. The highest BCUT2D eigenvalue weighted by atomic mass is 32.2. The molecule has 0 unspecified atom stereocenters. The zero-order valence-corrected chi connectivity index (χ0v) is 12.9. The summed E-state index contributed by atoms with van der Waals surface area (Å²) in [6.07, 6.45) is -0.959. The molecular weight excluding hydrogens is 323 g/mol. The lowest BCUT2D eigenvalue weighted by Gasteiger charge is -2.18. The van der Waals surface area contributed by atoms with E-state index in [1.165, 1.54) is 23.9 Å². The molecule has 1 aliphatic heterocycles. The summed E-state index contributed by atoms with van der Waals surface area (Å²) in [5.41, 5.74) is 0.258. The third kappa shape index (κ3) is 3.85. The van der Waals surface area contributed by atoms with Crippen LogP contribution in [-0.4, -0.2) is 27.3 Å². The fourth-order valence-corrected chi connectivity index (χ4v) is 3.31. The van der Waals surface area contributed by atoms with Crippen molar-refractivity contribution in [2.45, 2.75) is 12.7 Å². The molecule has 3 nitrogen and oxygen atoms in total. The number of alkyl halides is 3. The summed E-state index contributed by atoms with van der Waals surface area (Å²) < 4.78 is 39.2. The number of amidine groups is 1. The van der Waals surface area contributed by atoms with E-state index in [1.54, 1.807) is 18.5 Å². The van der Waals surface area contributed by atoms with Gasteiger partial charge in [-0.3, -0.25) is 4.98 Å². The summed E-state index contributed by atoms with van der Waals surface area (Å²) in [5.74, 6) is 0.813. The molecule has 0 atom stereocenters. The lowest BCUT2D eigenvalue weighted by atomic mass is 10.2. The molecule has 0 spiro atoms. The van der Waals surface area contributed by atoms with Gasteiger partial charge in [-0.25, -0.2) is 4.99 Å². The standard InChI is InChI=1S/C16H14F3N3S/c17-16(18,19)13-5-1-2-6-14(13)21-15-22(8-9-23-15)11-12-4-3-7-20-10-12/h1-7,10H,8-9,11H2. The van der Waals surface area contributed by atoms with Crippen LogP contribution in [0, 0.1) is 0 Å². The molecule has 1 aromatic heterocycles. The zero-order valence-electron chi connectivity index (χ0n) is 12.1. The Labute approximate surface area is 136 Å². The topological polar surface area (TPSA) is 28.5 Å². The van der Waals surface area contributed by atoms with Crippen molar-refractivity contribution in [2.24, 2.45) is 4.99 Å². The van der Waals surface area contributed by atoms with Gasteiger partial charge < -0.3 is 4.90 Å². The van der Waals surface area contributed by atoms with Gasteiger partial charge in [-0.05, 0) is 23.8 Å². The number of halogens is 3. The number of hydrogen-bond donors (Lipinski definition) is 0. The van der Waals surface area contributed by atoms with Crippen molar-refractivity contribution in [3.63, 3.8) is 0 Å². The van der Waals surface area contributed by atoms with Crippen LogP contribution in [0.4, 0.5) is 18.9 Å². The largest absolute Gasteiger partial charge is 0.418 e. The van der Waals surface area contributed by atoms with E-state index < -0.39 is 11.7 Å². The fourth-order valence-electron chi connectivity index (χ4n) is 2.31. The summed E-state index contributed by atoms with van der Waals surface area (Å²) in [5, 5.41) is 0.616. The number of pyridine rings is 1. The van der Waals surface area contributed by atoms with Crippen LogP contribution in [0.1, 0.15) is 11.1 Å². The molecule has 1 saturated heterocycles. The second-order valence-electron chi connectivity index (χ2n) is 5.04. The predicted octanol–water partition coefficient (Wildman–Crippen LogP) is 4.34. The van der Waals surface area contributed by atoms with E-state index in [-0.39, 0.29) is 5.69 Å². The Balaban J connectivity index is 1.87. The van der Waals surface area contributed by atoms with E-state index in [9.17, 15) is 13.2 Å². The second-order valence-corrected chi connectivity index (χ2v) is 6.10. The number of rotatable bonds is 3. The van der Waals surface area contributed by atoms with E-state index >= 15 is 0 Å². The molecule has 0 saturated carbocycles. The van der Waals surface area contributed by atoms with Crippen molar-refractivity contribution < 1.29 is 13.2 Å². The number of aromatic nitrogens is 1. The summed E-state index contributed by atoms with van der Waals surface area (Å²) in [7, 11) is 0. The number of aliphatic imine (C=N–C) groups is 1. The second kappa shape index (κ2) is 6.62. The minimum atomic E-state index is -4.40. The molecule has 0 aliphatic carbocycles. The maximum atomic E-state index is 13.1. The molecular formula is C16H14F3N3S. The first-order chi connectivity index (χ1) is 11.0. The van der Waals surface area contributed by atoms with Crippen molar-refractivity contribution in [3.8, 4) is 0 Å². The highest BCUT2D eigenvalue weighted by Crippen LogP contribution is 2.37. The number of para-hydroxylation sites is 1. The lowest BCUT2D eigenvalue weighted by Crippen LogP contribution is -2.23. The van der Waals surface area contributed by atoms with E-state index in [2.05, 4.69) is 9.98 Å². The SMILES string of the molecule is FC(F)(F)c1ccccc1N=C1SCCN1Cc1cccnc1. The van der Waals surface area contributed by atoms with Gasteiger partial charge in [-0.1, -0.05) is 30.0 Å². The summed E-state index contributed by atoms with van der Waals surface area (Å²) >= 11 is 1.47. The van der Waals surface area contributed by atoms with Crippen LogP contribution >= 0.6 is 11.8 Å². The normalized spacial score (nSPS) is 17.0. The Hall–Kier alpha value is -2.02. The van der Waals surface area contributed by atoms with Crippen LogP contribution < -0.4 is 0 Å². The fraction of sp³-hybridized carbons (Fsp3) is 0.250. The van der Waals surface area contributed by atoms with Gasteiger partial charge in [-0.15, -0.1) is 0 Å². The van der Waals surface area contributed by atoms with E-state index in [1.807, 2.05) is 17.0 Å². The molecule has 0 N–H and O–H groups in total. The summed E-state index contributed by atoms with van der Waals surface area (Å²) in [6, 6.07) is 9.19. The Kier molecular flexibility index (Phi) is 4.56. The van der Waals surface area contributed by atoms with Crippen LogP contribution in [0.25, 0.3) is 0 Å². The molecule has 3 rings (SSSR count). The highest BCUT2D eigenvalue weighted by molar-refractivity contribution is 8.14. The summed E-state index contributed by atoms with van der Waals surface area (Å²) in [4.78, 5) is 10.3. The smallest absolute Gasteiger partial charge is 0.346 e. The molecule has 2 heterocycles. The maximum Gasteiger partial charge on any atom is 0.418 e. The quantitative estimate of drug-likeness (QED) is 0.834. The van der Waals surface area contributed by atoms with Crippen molar-refractivity contribution in [1.29, 1.82) is 0 Å². The minimum Gasteiger partial charge on any atom is -0.346 e. The van der Waals surface area contributed by atoms with Gasteiger partial charge in [0.1, 0.15) is 0 Å². The lowest BCUT2D eigenvalue weighted by molar-refractivity contribution is -0.137. The average molecular weight is 337 g/mol. The number of thioether (sulfide) groups is 1. The minimum absolute atomic E-state index is 0.0411. The number of hydrogen-bond acceptors (Lipinski definition) is 3. The number of benzene rings is 1.